The summed E-state index contributed by atoms with van der Waals surface area (Å²) in [6.45, 7) is 2.04. The van der Waals surface area contributed by atoms with Crippen LogP contribution in [0, 0.1) is 0 Å². The third-order valence-corrected chi connectivity index (χ3v) is 6.02. The van der Waals surface area contributed by atoms with Crippen molar-refractivity contribution in [1.82, 2.24) is 5.32 Å². The van der Waals surface area contributed by atoms with E-state index in [2.05, 4.69) is 5.32 Å². The van der Waals surface area contributed by atoms with Gasteiger partial charge in [-0.25, -0.2) is 0 Å². The van der Waals surface area contributed by atoms with Crippen LogP contribution >= 0.6 is 0 Å². The number of rotatable bonds is 11. The van der Waals surface area contributed by atoms with Gasteiger partial charge in [0, 0.05) is 6.92 Å². The van der Waals surface area contributed by atoms with Gasteiger partial charge in [-0.05, 0) is 16.7 Å². The zero-order valence-corrected chi connectivity index (χ0v) is 20.4. The molecule has 190 valence electrons. The number of amides is 1. The molecule has 0 bridgehead atoms. The highest BCUT2D eigenvalue weighted by molar-refractivity contribution is 5.73. The Balaban J connectivity index is 1.58. The van der Waals surface area contributed by atoms with E-state index in [-0.39, 0.29) is 19.1 Å². The van der Waals surface area contributed by atoms with Crippen LogP contribution in [0.15, 0.2) is 91.0 Å². The molecule has 7 heteroatoms. The van der Waals surface area contributed by atoms with E-state index in [1.165, 1.54) is 6.92 Å². The lowest BCUT2D eigenvalue weighted by atomic mass is 9.96. The molecule has 1 amide bonds. The van der Waals surface area contributed by atoms with E-state index in [1.54, 1.807) is 0 Å². The number of hydrogen-bond donors (Lipinski definition) is 2. The highest BCUT2D eigenvalue weighted by atomic mass is 16.7. The van der Waals surface area contributed by atoms with Gasteiger partial charge in [-0.2, -0.15) is 0 Å². The number of hydrogen-bond acceptors (Lipinski definition) is 6. The molecule has 7 nitrogen and oxygen atoms in total. The fourth-order valence-electron chi connectivity index (χ4n) is 4.27. The number of benzene rings is 3. The van der Waals surface area contributed by atoms with Gasteiger partial charge in [-0.15, -0.1) is 0 Å². The molecule has 0 saturated carbocycles. The Labute approximate surface area is 212 Å². The van der Waals surface area contributed by atoms with Gasteiger partial charge < -0.3 is 29.4 Å². The van der Waals surface area contributed by atoms with Gasteiger partial charge in [-0.1, -0.05) is 91.0 Å². The topological polar surface area (TPSA) is 86.3 Å². The molecule has 3 aromatic rings. The van der Waals surface area contributed by atoms with Crippen molar-refractivity contribution < 1.29 is 28.8 Å². The van der Waals surface area contributed by atoms with Gasteiger partial charge in [0.1, 0.15) is 24.4 Å². The second-order valence-corrected chi connectivity index (χ2v) is 8.77. The highest BCUT2D eigenvalue weighted by Gasteiger charge is 2.48. The molecule has 0 radical (unpaired) electrons. The van der Waals surface area contributed by atoms with Crippen LogP contribution in [0.1, 0.15) is 23.6 Å². The predicted molar refractivity (Wildman–Crippen MR) is 135 cm³/mol. The molecule has 3 aromatic carbocycles. The summed E-state index contributed by atoms with van der Waals surface area (Å²) in [5, 5.41) is 13.2. The number of aliphatic hydroxyl groups excluding tert-OH is 1. The summed E-state index contributed by atoms with van der Waals surface area (Å²) in [6, 6.07) is 28.6. The number of carbonyl (C=O) groups is 1. The van der Waals surface area contributed by atoms with Crippen LogP contribution in [0.3, 0.4) is 0 Å². The summed E-state index contributed by atoms with van der Waals surface area (Å²) in [5.74, 6) is -0.241. The van der Waals surface area contributed by atoms with Crippen LogP contribution in [0.5, 0.6) is 0 Å². The lowest BCUT2D eigenvalue weighted by molar-refractivity contribution is -0.290. The SMILES string of the molecule is CC(=O)N[C@H]1C(OCc2ccccc2)O[C@H](CO)[C@H](OCc2ccccc2)[C@@H]1OCc1ccccc1. The number of carbonyl (C=O) groups excluding carboxylic acids is 1. The van der Waals surface area contributed by atoms with Crippen LogP contribution in [-0.2, 0) is 43.6 Å². The molecule has 0 spiro atoms. The highest BCUT2D eigenvalue weighted by Crippen LogP contribution is 2.29. The van der Waals surface area contributed by atoms with Gasteiger partial charge >= 0.3 is 0 Å². The second-order valence-electron chi connectivity index (χ2n) is 8.77. The molecule has 0 aromatic heterocycles. The first kappa shape index (κ1) is 26.0. The van der Waals surface area contributed by atoms with Gasteiger partial charge in [0.25, 0.3) is 0 Å². The van der Waals surface area contributed by atoms with Gasteiger partial charge in [0.2, 0.25) is 5.91 Å². The van der Waals surface area contributed by atoms with Crippen LogP contribution in [0.2, 0.25) is 0 Å². The third kappa shape index (κ3) is 7.22. The lowest BCUT2D eigenvalue weighted by Gasteiger charge is -2.45. The van der Waals surface area contributed by atoms with Gasteiger partial charge in [-0.3, -0.25) is 4.79 Å². The van der Waals surface area contributed by atoms with Crippen molar-refractivity contribution in [3.63, 3.8) is 0 Å². The zero-order valence-electron chi connectivity index (χ0n) is 20.4. The van der Waals surface area contributed by atoms with Crippen molar-refractivity contribution in [2.45, 2.75) is 57.4 Å². The third-order valence-electron chi connectivity index (χ3n) is 6.02. The zero-order chi connectivity index (χ0) is 25.2. The molecule has 1 saturated heterocycles. The normalized spacial score (nSPS) is 23.8. The molecular weight excluding hydrogens is 458 g/mol. The fourth-order valence-corrected chi connectivity index (χ4v) is 4.27. The Morgan fingerprint density at radius 1 is 0.750 bits per heavy atom. The Bertz CT molecular complexity index is 1050. The monoisotopic (exact) mass is 491 g/mol. The average Bonchev–Trinajstić information content (AvgIpc) is 2.92. The summed E-state index contributed by atoms with van der Waals surface area (Å²) in [6.07, 6.45) is -2.83. The van der Waals surface area contributed by atoms with E-state index in [0.717, 1.165) is 16.7 Å². The van der Waals surface area contributed by atoms with E-state index in [1.807, 2.05) is 91.0 Å². The number of ether oxygens (including phenoxy) is 4. The van der Waals surface area contributed by atoms with Crippen molar-refractivity contribution >= 4 is 5.91 Å². The summed E-state index contributed by atoms with van der Waals surface area (Å²) >= 11 is 0. The Morgan fingerprint density at radius 3 is 1.64 bits per heavy atom. The number of aliphatic hydroxyl groups is 1. The standard InChI is InChI=1S/C29H33NO6/c1-21(32)30-26-28(34-19-23-13-7-3-8-14-23)27(33-18-22-11-5-2-6-12-22)25(17-31)36-29(26)35-20-24-15-9-4-10-16-24/h2-16,25-29,31H,17-20H2,1H3,(H,30,32)/t25-,26-,27+,28-,29?/m1/s1. The molecule has 4 rings (SSSR count). The Kier molecular flexibility index (Phi) is 9.61. The molecule has 36 heavy (non-hydrogen) atoms. The van der Waals surface area contributed by atoms with Crippen LogP contribution in [-0.4, -0.2) is 48.3 Å². The van der Waals surface area contributed by atoms with Gasteiger partial charge in [0.15, 0.2) is 6.29 Å². The van der Waals surface area contributed by atoms with Crippen molar-refractivity contribution in [3.05, 3.63) is 108 Å². The summed E-state index contributed by atoms with van der Waals surface area (Å²) in [7, 11) is 0. The fraction of sp³-hybridized carbons (Fsp3) is 0.345. The Hall–Kier alpha value is -3.07. The van der Waals surface area contributed by atoms with Crippen LogP contribution < -0.4 is 5.32 Å². The molecule has 1 heterocycles. The summed E-state index contributed by atoms with van der Waals surface area (Å²) in [5.41, 5.74) is 2.93. The maximum absolute atomic E-state index is 12.2. The number of nitrogens with one attached hydrogen (secondary N) is 1. The van der Waals surface area contributed by atoms with Crippen molar-refractivity contribution in [2.75, 3.05) is 6.61 Å². The largest absolute Gasteiger partial charge is 0.394 e. The second kappa shape index (κ2) is 13.3. The minimum absolute atomic E-state index is 0.241. The molecule has 2 N–H and O–H groups in total. The molecular formula is C29H33NO6. The van der Waals surface area contributed by atoms with Crippen LogP contribution in [0.4, 0.5) is 0 Å². The molecule has 0 aliphatic carbocycles. The van der Waals surface area contributed by atoms with Gasteiger partial charge in [0.05, 0.1) is 26.4 Å². The minimum atomic E-state index is -0.844. The van der Waals surface area contributed by atoms with E-state index >= 15 is 0 Å². The van der Waals surface area contributed by atoms with Crippen molar-refractivity contribution in [2.24, 2.45) is 0 Å². The first-order chi connectivity index (χ1) is 17.6. The molecule has 1 fully saturated rings. The van der Waals surface area contributed by atoms with Crippen LogP contribution in [0.25, 0.3) is 0 Å². The van der Waals surface area contributed by atoms with Crippen molar-refractivity contribution in [1.29, 1.82) is 0 Å². The molecule has 1 unspecified atom stereocenters. The van der Waals surface area contributed by atoms with Crippen molar-refractivity contribution in [3.8, 4) is 0 Å². The van der Waals surface area contributed by atoms with E-state index < -0.39 is 30.6 Å². The maximum atomic E-state index is 12.2. The first-order valence-corrected chi connectivity index (χ1v) is 12.1. The Morgan fingerprint density at radius 2 is 1.19 bits per heavy atom. The lowest BCUT2D eigenvalue weighted by Crippen LogP contribution is -2.65. The summed E-state index contributed by atoms with van der Waals surface area (Å²) < 4.78 is 25.0. The van der Waals surface area contributed by atoms with E-state index in [4.69, 9.17) is 18.9 Å². The molecule has 1 aliphatic rings. The minimum Gasteiger partial charge on any atom is -0.394 e. The quantitative estimate of drug-likeness (QED) is 0.426. The first-order valence-electron chi connectivity index (χ1n) is 12.1. The van der Waals surface area contributed by atoms with E-state index in [9.17, 15) is 9.90 Å². The molecule has 1 aliphatic heterocycles. The smallest absolute Gasteiger partial charge is 0.217 e. The molecule has 5 atom stereocenters. The summed E-state index contributed by atoms with van der Waals surface area (Å²) in [4.78, 5) is 12.2. The maximum Gasteiger partial charge on any atom is 0.217 e. The average molecular weight is 492 g/mol. The predicted octanol–water partition coefficient (Wildman–Crippen LogP) is 3.60. The van der Waals surface area contributed by atoms with E-state index in [0.29, 0.717) is 13.2 Å².